The normalized spacial score (nSPS) is 15.5. The van der Waals surface area contributed by atoms with Crippen LogP contribution in [0, 0.1) is 0 Å². The van der Waals surface area contributed by atoms with Crippen molar-refractivity contribution >= 4 is 23.4 Å². The number of ether oxygens (including phenoxy) is 1. The van der Waals surface area contributed by atoms with Gasteiger partial charge in [-0.15, -0.1) is 0 Å². The van der Waals surface area contributed by atoms with Gasteiger partial charge in [0.1, 0.15) is 6.61 Å². The molecule has 0 aliphatic carbocycles. The predicted molar refractivity (Wildman–Crippen MR) is 114 cm³/mol. The van der Waals surface area contributed by atoms with Crippen molar-refractivity contribution in [1.82, 2.24) is 10.3 Å². The van der Waals surface area contributed by atoms with E-state index in [0.717, 1.165) is 11.6 Å². The summed E-state index contributed by atoms with van der Waals surface area (Å²) in [4.78, 5) is 33.2. The highest BCUT2D eigenvalue weighted by Gasteiger charge is 2.32. The van der Waals surface area contributed by atoms with Gasteiger partial charge in [0.15, 0.2) is 0 Å². The topological polar surface area (TPSA) is 92.7 Å². The van der Waals surface area contributed by atoms with Crippen LogP contribution in [0.1, 0.15) is 22.4 Å². The van der Waals surface area contributed by atoms with Gasteiger partial charge in [-0.2, -0.15) is 13.2 Å². The molecule has 0 spiro atoms. The predicted octanol–water partition coefficient (Wildman–Crippen LogP) is 4.14. The van der Waals surface area contributed by atoms with Crippen molar-refractivity contribution in [2.45, 2.75) is 18.9 Å². The number of nitrogens with one attached hydrogen (secondary N) is 2. The van der Waals surface area contributed by atoms with Gasteiger partial charge in [0.25, 0.3) is 5.91 Å². The number of aliphatic imine (C=N–C) groups is 1. The van der Waals surface area contributed by atoms with E-state index in [4.69, 9.17) is 4.74 Å². The Kier molecular flexibility index (Phi) is 6.07. The number of pyridine rings is 1. The van der Waals surface area contributed by atoms with Crippen molar-refractivity contribution in [2.75, 3.05) is 5.32 Å². The average Bonchev–Trinajstić information content (AvgIpc) is 2.94. The third-order valence-corrected chi connectivity index (χ3v) is 4.75. The third-order valence-electron chi connectivity index (χ3n) is 4.75. The molecule has 2 N–H and O–H groups in total. The number of benzodiazepines with no additional fused rings is 1. The second kappa shape index (κ2) is 9.11. The van der Waals surface area contributed by atoms with Crippen LogP contribution in [0.2, 0.25) is 0 Å². The van der Waals surface area contributed by atoms with Gasteiger partial charge in [0.2, 0.25) is 6.17 Å². The largest absolute Gasteiger partial charge is 0.445 e. The second-order valence-corrected chi connectivity index (χ2v) is 7.05. The Morgan fingerprint density at radius 3 is 2.45 bits per heavy atom. The van der Waals surface area contributed by atoms with Crippen LogP contribution in [0.3, 0.4) is 0 Å². The number of alkyl halides is 3. The Morgan fingerprint density at radius 1 is 1.03 bits per heavy atom. The number of para-hydroxylation sites is 1. The number of rotatable bonds is 4. The van der Waals surface area contributed by atoms with Crippen molar-refractivity contribution in [3.63, 3.8) is 0 Å². The number of nitrogens with zero attached hydrogens (tertiary/aromatic N) is 2. The summed E-state index contributed by atoms with van der Waals surface area (Å²) in [5.74, 6) is -0.638. The maximum Gasteiger partial charge on any atom is 0.417 e. The maximum atomic E-state index is 12.9. The molecule has 2 aromatic carbocycles. The van der Waals surface area contributed by atoms with Gasteiger partial charge in [-0.3, -0.25) is 15.1 Å². The molecular formula is C23H17F3N4O3. The zero-order valence-corrected chi connectivity index (χ0v) is 17.0. The van der Waals surface area contributed by atoms with Crippen LogP contribution >= 0.6 is 0 Å². The lowest BCUT2D eigenvalue weighted by atomic mass is 10.0. The minimum atomic E-state index is -4.54. The van der Waals surface area contributed by atoms with Crippen LogP contribution < -0.4 is 10.6 Å². The fourth-order valence-electron chi connectivity index (χ4n) is 3.14. The molecule has 1 unspecified atom stereocenters. The molecule has 0 radical (unpaired) electrons. The molecule has 10 heteroatoms. The van der Waals surface area contributed by atoms with Crippen LogP contribution in [0.5, 0.6) is 0 Å². The van der Waals surface area contributed by atoms with Gasteiger partial charge in [0, 0.05) is 11.8 Å². The van der Waals surface area contributed by atoms with E-state index in [0.29, 0.717) is 17.4 Å². The number of anilines is 1. The number of carbonyl (C=O) groups excluding carboxylic acids is 2. The van der Waals surface area contributed by atoms with Crippen LogP contribution in [-0.2, 0) is 22.3 Å². The third kappa shape index (κ3) is 5.17. The van der Waals surface area contributed by atoms with Gasteiger partial charge < -0.3 is 10.1 Å². The number of hydrogen-bond donors (Lipinski definition) is 2. The highest BCUT2D eigenvalue weighted by atomic mass is 19.4. The molecule has 1 atom stereocenters. The summed E-state index contributed by atoms with van der Waals surface area (Å²) in [6.45, 7) is -0.0156. The molecule has 33 heavy (non-hydrogen) atoms. The molecule has 4 rings (SSSR count). The maximum absolute atomic E-state index is 12.9. The zero-order valence-electron chi connectivity index (χ0n) is 17.0. The van der Waals surface area contributed by atoms with Crippen molar-refractivity contribution in [3.05, 3.63) is 95.3 Å². The van der Waals surface area contributed by atoms with E-state index < -0.39 is 29.9 Å². The highest BCUT2D eigenvalue weighted by molar-refractivity contribution is 6.19. The van der Waals surface area contributed by atoms with E-state index in [9.17, 15) is 22.8 Å². The number of alkyl carbamates (subject to hydrolysis) is 1. The summed E-state index contributed by atoms with van der Waals surface area (Å²) >= 11 is 0. The van der Waals surface area contributed by atoms with E-state index in [1.54, 1.807) is 48.5 Å². The summed E-state index contributed by atoms with van der Waals surface area (Å²) in [7, 11) is 0. The van der Waals surface area contributed by atoms with E-state index >= 15 is 0 Å². The van der Waals surface area contributed by atoms with E-state index in [1.165, 1.54) is 6.07 Å². The molecule has 1 aromatic heterocycles. The summed E-state index contributed by atoms with van der Waals surface area (Å²) in [6.07, 6.45) is -6.12. The Hall–Kier alpha value is -4.21. The van der Waals surface area contributed by atoms with Gasteiger partial charge >= 0.3 is 12.3 Å². The van der Waals surface area contributed by atoms with E-state index in [2.05, 4.69) is 20.6 Å². The molecule has 0 fully saturated rings. The fraction of sp³-hybridized carbons (Fsp3) is 0.130. The zero-order chi connectivity index (χ0) is 23.4. The molecule has 3 aromatic rings. The van der Waals surface area contributed by atoms with Gasteiger partial charge in [-0.25, -0.2) is 9.79 Å². The quantitative estimate of drug-likeness (QED) is 0.620. The lowest BCUT2D eigenvalue weighted by molar-refractivity contribution is -0.137. The minimum Gasteiger partial charge on any atom is -0.445 e. The lowest BCUT2D eigenvalue weighted by Gasteiger charge is -2.13. The first-order valence-electron chi connectivity index (χ1n) is 9.80. The molecule has 0 saturated carbocycles. The molecule has 0 saturated heterocycles. The first-order valence-corrected chi connectivity index (χ1v) is 9.80. The van der Waals surface area contributed by atoms with Crippen molar-refractivity contribution in [1.29, 1.82) is 0 Å². The van der Waals surface area contributed by atoms with Crippen LogP contribution in [0.4, 0.5) is 23.7 Å². The molecule has 1 aliphatic rings. The van der Waals surface area contributed by atoms with E-state index in [-0.39, 0.29) is 18.0 Å². The van der Waals surface area contributed by atoms with Crippen LogP contribution in [-0.4, -0.2) is 28.9 Å². The second-order valence-electron chi connectivity index (χ2n) is 7.05. The molecule has 2 heterocycles. The number of amides is 2. The van der Waals surface area contributed by atoms with Gasteiger partial charge in [-0.1, -0.05) is 48.5 Å². The summed E-state index contributed by atoms with van der Waals surface area (Å²) in [6, 6.07) is 17.6. The first-order chi connectivity index (χ1) is 15.8. The Balaban J connectivity index is 1.61. The van der Waals surface area contributed by atoms with Crippen LogP contribution in [0.15, 0.2) is 77.9 Å². The molecule has 0 bridgehead atoms. The number of aromatic nitrogens is 1. The van der Waals surface area contributed by atoms with Gasteiger partial charge in [0.05, 0.1) is 22.7 Å². The summed E-state index contributed by atoms with van der Waals surface area (Å²) in [5, 5.41) is 5.04. The number of benzene rings is 2. The summed E-state index contributed by atoms with van der Waals surface area (Å²) < 4.78 is 43.9. The first kappa shape index (κ1) is 22.0. The van der Waals surface area contributed by atoms with Crippen molar-refractivity contribution in [2.24, 2.45) is 4.99 Å². The van der Waals surface area contributed by atoms with Crippen molar-refractivity contribution in [3.8, 4) is 0 Å². The molecule has 2 amide bonds. The lowest BCUT2D eigenvalue weighted by Crippen LogP contribution is -2.42. The van der Waals surface area contributed by atoms with Gasteiger partial charge in [-0.05, 0) is 23.8 Å². The molecule has 168 valence electrons. The number of fused-ring (bicyclic) bond motifs is 1. The van der Waals surface area contributed by atoms with Crippen molar-refractivity contribution < 1.29 is 27.5 Å². The number of halogens is 3. The molecule has 7 nitrogen and oxygen atoms in total. The minimum absolute atomic E-state index is 0.0156. The average molecular weight is 454 g/mol. The number of carbonyl (C=O) groups is 2. The standard InChI is InChI=1S/C23H17F3N4O3/c24-23(25,26)15-10-11-18(27-12-15)19-16-8-4-5-9-17(16)28-21(31)20(29-19)30-22(32)33-13-14-6-2-1-3-7-14/h1-12,20H,13H2,(H,28,31)(H,30,32). The summed E-state index contributed by atoms with van der Waals surface area (Å²) in [5.41, 5.74) is 0.915. The Bertz CT molecular complexity index is 1200. The smallest absolute Gasteiger partial charge is 0.417 e. The molecular weight excluding hydrogens is 437 g/mol. The molecule has 1 aliphatic heterocycles. The Labute approximate surface area is 186 Å². The fourth-order valence-corrected chi connectivity index (χ4v) is 3.14. The highest BCUT2D eigenvalue weighted by Crippen LogP contribution is 2.29. The Morgan fingerprint density at radius 2 is 1.76 bits per heavy atom. The van der Waals surface area contributed by atoms with Crippen LogP contribution in [0.25, 0.3) is 0 Å². The monoisotopic (exact) mass is 454 g/mol. The SMILES string of the molecule is O=C(NC1N=C(c2ccc(C(F)(F)F)cn2)c2ccccc2NC1=O)OCc1ccccc1. The number of hydrogen-bond acceptors (Lipinski definition) is 5. The van der Waals surface area contributed by atoms with E-state index in [1.807, 2.05) is 6.07 Å².